The lowest BCUT2D eigenvalue weighted by atomic mass is 10.1. The van der Waals surface area contributed by atoms with Gasteiger partial charge < -0.3 is 15.1 Å². The van der Waals surface area contributed by atoms with Crippen molar-refractivity contribution >= 4 is 44.0 Å². The van der Waals surface area contributed by atoms with Crippen molar-refractivity contribution in [1.29, 1.82) is 0 Å². The summed E-state index contributed by atoms with van der Waals surface area (Å²) < 4.78 is 23.4. The van der Waals surface area contributed by atoms with Crippen LogP contribution in [0.4, 0.5) is 11.4 Å². The molecular weight excluding hydrogens is 456 g/mol. The summed E-state index contributed by atoms with van der Waals surface area (Å²) in [4.78, 5) is 21.9. The lowest BCUT2D eigenvalue weighted by molar-refractivity contribution is 0.0726. The van der Waals surface area contributed by atoms with E-state index in [2.05, 4.69) is 53.3 Å². The van der Waals surface area contributed by atoms with E-state index in [0.29, 0.717) is 18.7 Å². The molecule has 2 aromatic carbocycles. The summed E-state index contributed by atoms with van der Waals surface area (Å²) in [6.07, 6.45) is 0. The number of carbonyl (C=O) groups excluding carboxylic acids is 1. The van der Waals surface area contributed by atoms with Crippen LogP contribution < -0.4 is 10.2 Å². The third-order valence-corrected chi connectivity index (χ3v) is 9.59. The maximum Gasteiger partial charge on any atom is 0.253 e. The second kappa shape index (κ2) is 8.68. The Kier molecular flexibility index (Phi) is 5.86. The van der Waals surface area contributed by atoms with Crippen LogP contribution in [0.15, 0.2) is 53.5 Å². The van der Waals surface area contributed by atoms with Gasteiger partial charge in [-0.05, 0) is 55.8 Å². The van der Waals surface area contributed by atoms with Crippen molar-refractivity contribution in [3.63, 3.8) is 0 Å². The molecule has 0 saturated carbocycles. The van der Waals surface area contributed by atoms with Gasteiger partial charge in [-0.25, -0.2) is 8.42 Å². The molecule has 0 spiro atoms. The number of hydrogen-bond donors (Lipinski definition) is 1. The molecule has 33 heavy (non-hydrogen) atoms. The van der Waals surface area contributed by atoms with E-state index in [4.69, 9.17) is 0 Å². The molecule has 0 unspecified atom stereocenters. The highest BCUT2D eigenvalue weighted by Crippen LogP contribution is 2.34. The second-order valence-electron chi connectivity index (χ2n) is 9.07. The quantitative estimate of drug-likeness (QED) is 0.721. The molecule has 3 atom stereocenters. The highest BCUT2D eigenvalue weighted by atomic mass is 32.2. The molecule has 9 heteroatoms. The predicted molar refractivity (Wildman–Crippen MR) is 135 cm³/mol. The van der Waals surface area contributed by atoms with Gasteiger partial charge in [-0.3, -0.25) is 9.79 Å². The maximum absolute atomic E-state index is 13.1. The van der Waals surface area contributed by atoms with Gasteiger partial charge in [0.05, 0.1) is 17.5 Å². The van der Waals surface area contributed by atoms with Crippen LogP contribution in [-0.2, 0) is 9.84 Å². The number of rotatable bonds is 3. The third kappa shape index (κ3) is 4.75. The monoisotopic (exact) mass is 484 g/mol. The van der Waals surface area contributed by atoms with Gasteiger partial charge in [0.25, 0.3) is 5.91 Å². The van der Waals surface area contributed by atoms with E-state index >= 15 is 0 Å². The number of sulfone groups is 1. The van der Waals surface area contributed by atoms with Gasteiger partial charge >= 0.3 is 0 Å². The molecule has 2 saturated heterocycles. The SMILES string of the molecule is Cc1cccc(N2CCN(C(=O)c3ccc(NC4=N[C@@H]5CS(=O)(=O)C[C@H]5S4)cc3)C[C@H]2C)c1. The van der Waals surface area contributed by atoms with Gasteiger partial charge in [0.1, 0.15) is 0 Å². The first-order valence-electron chi connectivity index (χ1n) is 11.2. The molecule has 7 nitrogen and oxygen atoms in total. The number of piperazine rings is 1. The van der Waals surface area contributed by atoms with Crippen molar-refractivity contribution in [3.8, 4) is 0 Å². The van der Waals surface area contributed by atoms with E-state index in [1.54, 1.807) is 0 Å². The van der Waals surface area contributed by atoms with Crippen LogP contribution in [0.25, 0.3) is 0 Å². The molecule has 2 fully saturated rings. The van der Waals surface area contributed by atoms with Crippen LogP contribution in [-0.4, -0.2) is 72.9 Å². The zero-order valence-electron chi connectivity index (χ0n) is 18.8. The van der Waals surface area contributed by atoms with E-state index in [1.807, 2.05) is 29.2 Å². The Labute approximate surface area is 199 Å². The Balaban J connectivity index is 1.19. The van der Waals surface area contributed by atoms with Crippen molar-refractivity contribution in [2.24, 2.45) is 4.99 Å². The Morgan fingerprint density at radius 2 is 1.91 bits per heavy atom. The number of fused-ring (bicyclic) bond motifs is 1. The topological polar surface area (TPSA) is 82.1 Å². The summed E-state index contributed by atoms with van der Waals surface area (Å²) in [6.45, 7) is 6.45. The number of amides is 1. The average molecular weight is 485 g/mol. The van der Waals surface area contributed by atoms with Crippen molar-refractivity contribution < 1.29 is 13.2 Å². The van der Waals surface area contributed by atoms with Crippen LogP contribution in [0.3, 0.4) is 0 Å². The van der Waals surface area contributed by atoms with Gasteiger partial charge in [0.15, 0.2) is 15.0 Å². The van der Waals surface area contributed by atoms with Gasteiger partial charge in [-0.2, -0.15) is 0 Å². The summed E-state index contributed by atoms with van der Waals surface area (Å²) in [6, 6.07) is 16.0. The summed E-state index contributed by atoms with van der Waals surface area (Å²) in [5, 5.41) is 4.03. The first-order chi connectivity index (χ1) is 15.8. The van der Waals surface area contributed by atoms with Crippen LogP contribution >= 0.6 is 11.8 Å². The Hall–Kier alpha value is -2.52. The molecule has 3 aliphatic rings. The number of nitrogens with zero attached hydrogens (tertiary/aromatic N) is 3. The molecule has 3 heterocycles. The van der Waals surface area contributed by atoms with E-state index in [9.17, 15) is 13.2 Å². The third-order valence-electron chi connectivity index (χ3n) is 6.45. The fourth-order valence-corrected chi connectivity index (χ4v) is 8.43. The summed E-state index contributed by atoms with van der Waals surface area (Å²) in [5.41, 5.74) is 3.96. The molecule has 1 N–H and O–H groups in total. The van der Waals surface area contributed by atoms with E-state index in [0.717, 1.165) is 17.4 Å². The fourth-order valence-electron chi connectivity index (χ4n) is 4.75. The molecule has 3 aliphatic heterocycles. The summed E-state index contributed by atoms with van der Waals surface area (Å²) in [7, 11) is -2.95. The molecule has 0 bridgehead atoms. The largest absolute Gasteiger partial charge is 0.365 e. The first kappa shape index (κ1) is 22.3. The van der Waals surface area contributed by atoms with Crippen LogP contribution in [0.5, 0.6) is 0 Å². The fraction of sp³-hybridized carbons (Fsp3) is 0.417. The lowest BCUT2D eigenvalue weighted by Gasteiger charge is -2.41. The zero-order valence-corrected chi connectivity index (χ0v) is 20.4. The van der Waals surface area contributed by atoms with Crippen molar-refractivity contribution in [2.45, 2.75) is 31.2 Å². The van der Waals surface area contributed by atoms with E-state index < -0.39 is 9.84 Å². The van der Waals surface area contributed by atoms with Gasteiger partial charge in [0, 0.05) is 47.9 Å². The molecular formula is C24H28N4O3S2. The Bertz CT molecular complexity index is 1200. The van der Waals surface area contributed by atoms with Crippen molar-refractivity contribution in [1.82, 2.24) is 4.90 Å². The summed E-state index contributed by atoms with van der Waals surface area (Å²) in [5.74, 6) is 0.378. The predicted octanol–water partition coefficient (Wildman–Crippen LogP) is 3.03. The molecule has 1 amide bonds. The number of hydrogen-bond acceptors (Lipinski definition) is 7. The molecule has 0 aliphatic carbocycles. The first-order valence-corrected chi connectivity index (χ1v) is 13.9. The van der Waals surface area contributed by atoms with Gasteiger partial charge in [-0.1, -0.05) is 23.9 Å². The van der Waals surface area contributed by atoms with Gasteiger partial charge in [0.2, 0.25) is 0 Å². The zero-order chi connectivity index (χ0) is 23.2. The van der Waals surface area contributed by atoms with Crippen molar-refractivity contribution in [3.05, 3.63) is 59.7 Å². The minimum Gasteiger partial charge on any atom is -0.365 e. The molecule has 5 rings (SSSR count). The second-order valence-corrected chi connectivity index (χ2v) is 12.5. The summed E-state index contributed by atoms with van der Waals surface area (Å²) >= 11 is 1.49. The molecule has 0 aromatic heterocycles. The number of anilines is 2. The average Bonchev–Trinajstić information content (AvgIpc) is 3.26. The highest BCUT2D eigenvalue weighted by molar-refractivity contribution is 8.15. The number of aliphatic imine (C=N–C) groups is 1. The highest BCUT2D eigenvalue weighted by Gasteiger charge is 2.42. The Morgan fingerprint density at radius 3 is 2.61 bits per heavy atom. The number of thioether (sulfide) groups is 1. The van der Waals surface area contributed by atoms with Crippen molar-refractivity contribution in [2.75, 3.05) is 41.4 Å². The number of benzene rings is 2. The number of aryl methyl sites for hydroxylation is 1. The number of carbonyl (C=O) groups is 1. The van der Waals surface area contributed by atoms with Gasteiger partial charge in [-0.15, -0.1) is 0 Å². The van der Waals surface area contributed by atoms with E-state index in [1.165, 1.54) is 23.0 Å². The smallest absolute Gasteiger partial charge is 0.253 e. The van der Waals surface area contributed by atoms with Crippen LogP contribution in [0.2, 0.25) is 0 Å². The normalized spacial score (nSPS) is 26.1. The lowest BCUT2D eigenvalue weighted by Crippen LogP contribution is -2.53. The Morgan fingerprint density at radius 1 is 1.12 bits per heavy atom. The van der Waals surface area contributed by atoms with Crippen LogP contribution in [0.1, 0.15) is 22.8 Å². The molecule has 0 radical (unpaired) electrons. The van der Waals surface area contributed by atoms with E-state index in [-0.39, 0.29) is 34.7 Å². The van der Waals surface area contributed by atoms with Crippen LogP contribution in [0, 0.1) is 6.92 Å². The maximum atomic E-state index is 13.1. The number of amidine groups is 1. The molecule has 174 valence electrons. The number of nitrogens with one attached hydrogen (secondary N) is 1. The minimum atomic E-state index is -2.95. The standard InChI is InChI=1S/C24H28N4O3S2/c1-16-4-3-5-20(12-16)28-11-10-27(13-17(28)2)23(29)18-6-8-19(9-7-18)25-24-26-21-14-33(30,31)15-22(21)32-24/h3-9,12,17,21-22H,10-11,13-15H2,1-2H3,(H,25,26)/t17-,21-,22-/m1/s1. The minimum absolute atomic E-state index is 0.0128. The molecule has 2 aromatic rings.